The van der Waals surface area contributed by atoms with Crippen molar-refractivity contribution in [1.29, 1.82) is 0 Å². The van der Waals surface area contributed by atoms with Gasteiger partial charge in [0, 0.05) is 25.3 Å². The predicted octanol–water partition coefficient (Wildman–Crippen LogP) is 1.19. The summed E-state index contributed by atoms with van der Waals surface area (Å²) in [5.41, 5.74) is 7.65. The van der Waals surface area contributed by atoms with Gasteiger partial charge in [0.25, 0.3) is 5.91 Å². The Hall–Kier alpha value is -1.75. The van der Waals surface area contributed by atoms with Crippen LogP contribution in [0.3, 0.4) is 0 Å². The Morgan fingerprint density at radius 2 is 2.26 bits per heavy atom. The van der Waals surface area contributed by atoms with E-state index in [0.29, 0.717) is 12.0 Å². The number of nitrogens with one attached hydrogen (secondary N) is 1. The molecular weight excluding hydrogens is 242 g/mol. The number of benzene rings is 1. The van der Waals surface area contributed by atoms with Crippen molar-refractivity contribution in [2.45, 2.75) is 18.9 Å². The van der Waals surface area contributed by atoms with Crippen LogP contribution < -0.4 is 20.7 Å². The molecular formula is C14H19N3O2. The number of fused-ring (bicyclic) bond motifs is 1. The van der Waals surface area contributed by atoms with Crippen molar-refractivity contribution in [1.82, 2.24) is 0 Å². The predicted molar refractivity (Wildman–Crippen MR) is 74.5 cm³/mol. The number of amides is 1. The molecule has 0 unspecified atom stereocenters. The molecule has 5 heteroatoms. The van der Waals surface area contributed by atoms with Gasteiger partial charge in [0.2, 0.25) is 0 Å². The van der Waals surface area contributed by atoms with Gasteiger partial charge in [-0.25, -0.2) is 0 Å². The number of carbonyl (C=O) groups excluding carboxylic acids is 1. The summed E-state index contributed by atoms with van der Waals surface area (Å²) in [6, 6.07) is 6.28. The van der Waals surface area contributed by atoms with E-state index in [0.717, 1.165) is 36.5 Å². The molecule has 1 aliphatic heterocycles. The van der Waals surface area contributed by atoms with Crippen LogP contribution in [0.1, 0.15) is 12.8 Å². The number of anilines is 2. The molecule has 0 aromatic heterocycles. The molecule has 2 aliphatic rings. The molecule has 0 saturated heterocycles. The highest BCUT2D eigenvalue weighted by Crippen LogP contribution is 2.33. The van der Waals surface area contributed by atoms with Crippen molar-refractivity contribution in [3.05, 3.63) is 18.2 Å². The van der Waals surface area contributed by atoms with Gasteiger partial charge in [-0.05, 0) is 37.0 Å². The fourth-order valence-electron chi connectivity index (χ4n) is 2.74. The zero-order valence-electron chi connectivity index (χ0n) is 11.1. The summed E-state index contributed by atoms with van der Waals surface area (Å²) in [5, 5.41) is 2.83. The zero-order chi connectivity index (χ0) is 13.4. The van der Waals surface area contributed by atoms with Crippen molar-refractivity contribution < 1.29 is 9.53 Å². The van der Waals surface area contributed by atoms with Gasteiger partial charge in [0.05, 0.1) is 5.69 Å². The van der Waals surface area contributed by atoms with Gasteiger partial charge >= 0.3 is 0 Å². The number of carbonyl (C=O) groups is 1. The topological polar surface area (TPSA) is 67.6 Å². The summed E-state index contributed by atoms with van der Waals surface area (Å²) in [7, 11) is 2.07. The Labute approximate surface area is 112 Å². The van der Waals surface area contributed by atoms with Crippen molar-refractivity contribution in [2.75, 3.05) is 30.4 Å². The van der Waals surface area contributed by atoms with E-state index in [4.69, 9.17) is 10.5 Å². The smallest absolute Gasteiger partial charge is 0.262 e. The van der Waals surface area contributed by atoms with Crippen molar-refractivity contribution in [3.8, 4) is 5.75 Å². The van der Waals surface area contributed by atoms with Crippen LogP contribution in [-0.4, -0.2) is 32.1 Å². The lowest BCUT2D eigenvalue weighted by Gasteiger charge is -2.36. The molecule has 1 amide bonds. The van der Waals surface area contributed by atoms with Crippen LogP contribution in [-0.2, 0) is 4.79 Å². The average molecular weight is 261 g/mol. The van der Waals surface area contributed by atoms with E-state index in [1.807, 2.05) is 18.2 Å². The first-order valence-electron chi connectivity index (χ1n) is 6.65. The van der Waals surface area contributed by atoms with Crippen LogP contribution in [0.2, 0.25) is 0 Å². The lowest BCUT2D eigenvalue weighted by atomic mass is 9.80. The Kier molecular flexibility index (Phi) is 3.06. The van der Waals surface area contributed by atoms with Gasteiger partial charge < -0.3 is 20.7 Å². The maximum atomic E-state index is 11.3. The van der Waals surface area contributed by atoms with E-state index in [1.54, 1.807) is 0 Å². The molecule has 3 N–H and O–H groups in total. The van der Waals surface area contributed by atoms with Crippen LogP contribution in [0.5, 0.6) is 5.75 Å². The van der Waals surface area contributed by atoms with Gasteiger partial charge in [-0.3, -0.25) is 4.79 Å². The first-order valence-corrected chi connectivity index (χ1v) is 6.65. The Morgan fingerprint density at radius 1 is 1.47 bits per heavy atom. The van der Waals surface area contributed by atoms with Crippen LogP contribution in [0.15, 0.2) is 18.2 Å². The number of hydrogen-bond donors (Lipinski definition) is 2. The lowest BCUT2D eigenvalue weighted by molar-refractivity contribution is -0.118. The van der Waals surface area contributed by atoms with Crippen molar-refractivity contribution >= 4 is 17.3 Å². The summed E-state index contributed by atoms with van der Waals surface area (Å²) < 4.78 is 5.35. The molecule has 0 atom stereocenters. The maximum Gasteiger partial charge on any atom is 0.262 e. The Balaban J connectivity index is 1.70. The third kappa shape index (κ3) is 2.51. The molecule has 0 radical (unpaired) electrons. The Morgan fingerprint density at radius 3 is 3.00 bits per heavy atom. The maximum absolute atomic E-state index is 11.3. The molecule has 5 nitrogen and oxygen atoms in total. The summed E-state index contributed by atoms with van der Waals surface area (Å²) in [5.74, 6) is 1.32. The average Bonchev–Trinajstić information content (AvgIpc) is 2.36. The molecule has 102 valence electrons. The third-order valence-corrected chi connectivity index (χ3v) is 3.84. The van der Waals surface area contributed by atoms with Gasteiger partial charge in [0.1, 0.15) is 5.75 Å². The van der Waals surface area contributed by atoms with E-state index in [9.17, 15) is 4.79 Å². The van der Waals surface area contributed by atoms with E-state index in [2.05, 4.69) is 17.3 Å². The number of rotatable bonds is 3. The molecule has 0 bridgehead atoms. The fraction of sp³-hybridized carbons (Fsp3) is 0.500. The standard InChI is InChI=1S/C14H19N3O2/c1-17(7-9-4-10(15)5-9)11-2-3-13-12(6-11)16-14(18)8-19-13/h2-3,6,9-10H,4-5,7-8,15H2,1H3,(H,16,18). The monoisotopic (exact) mass is 261 g/mol. The largest absolute Gasteiger partial charge is 0.482 e. The molecule has 19 heavy (non-hydrogen) atoms. The van der Waals surface area contributed by atoms with Crippen LogP contribution in [0.4, 0.5) is 11.4 Å². The molecule has 0 spiro atoms. The van der Waals surface area contributed by atoms with Gasteiger partial charge in [-0.15, -0.1) is 0 Å². The quantitative estimate of drug-likeness (QED) is 0.857. The molecule has 1 saturated carbocycles. The third-order valence-electron chi connectivity index (χ3n) is 3.84. The number of ether oxygens (including phenoxy) is 1. The van der Waals surface area contributed by atoms with E-state index < -0.39 is 0 Å². The molecule has 3 rings (SSSR count). The minimum atomic E-state index is -0.0998. The second-order valence-electron chi connectivity index (χ2n) is 5.50. The second-order valence-corrected chi connectivity index (χ2v) is 5.50. The first kappa shape index (κ1) is 12.3. The second kappa shape index (κ2) is 4.74. The summed E-state index contributed by atoms with van der Waals surface area (Å²) in [4.78, 5) is 13.5. The van der Waals surface area contributed by atoms with Crippen molar-refractivity contribution in [3.63, 3.8) is 0 Å². The molecule has 1 aromatic carbocycles. The highest BCUT2D eigenvalue weighted by atomic mass is 16.5. The first-order chi connectivity index (χ1) is 9.11. The minimum Gasteiger partial charge on any atom is -0.482 e. The van der Waals surface area contributed by atoms with Crippen LogP contribution in [0.25, 0.3) is 0 Å². The summed E-state index contributed by atoms with van der Waals surface area (Å²) in [6.07, 6.45) is 2.21. The minimum absolute atomic E-state index is 0.0994. The summed E-state index contributed by atoms with van der Waals surface area (Å²) >= 11 is 0. The lowest BCUT2D eigenvalue weighted by Crippen LogP contribution is -2.41. The zero-order valence-corrected chi connectivity index (χ0v) is 11.1. The van der Waals surface area contributed by atoms with Gasteiger partial charge in [-0.2, -0.15) is 0 Å². The number of nitrogens with zero attached hydrogens (tertiary/aromatic N) is 1. The number of nitrogens with two attached hydrogens (primary N) is 1. The highest BCUT2D eigenvalue weighted by molar-refractivity contribution is 5.96. The Bertz CT molecular complexity index is 497. The normalized spacial score (nSPS) is 24.8. The fourth-order valence-corrected chi connectivity index (χ4v) is 2.74. The SMILES string of the molecule is CN(CC1CC(N)C1)c1ccc2c(c1)NC(=O)CO2. The van der Waals surface area contributed by atoms with Gasteiger partial charge in [-0.1, -0.05) is 0 Å². The highest BCUT2D eigenvalue weighted by Gasteiger charge is 2.27. The van der Waals surface area contributed by atoms with Crippen molar-refractivity contribution in [2.24, 2.45) is 11.7 Å². The van der Waals surface area contributed by atoms with Crippen LogP contribution in [0, 0.1) is 5.92 Å². The molecule has 1 fully saturated rings. The molecule has 1 aromatic rings. The molecule has 1 aliphatic carbocycles. The molecule has 1 heterocycles. The van der Waals surface area contributed by atoms with E-state index in [-0.39, 0.29) is 12.5 Å². The summed E-state index contributed by atoms with van der Waals surface area (Å²) in [6.45, 7) is 1.10. The van der Waals surface area contributed by atoms with E-state index >= 15 is 0 Å². The van der Waals surface area contributed by atoms with Gasteiger partial charge in [0.15, 0.2) is 6.61 Å². The van der Waals surface area contributed by atoms with E-state index in [1.165, 1.54) is 0 Å². The number of hydrogen-bond acceptors (Lipinski definition) is 4. The van der Waals surface area contributed by atoms with Crippen LogP contribution >= 0.6 is 0 Å².